The summed E-state index contributed by atoms with van der Waals surface area (Å²) in [6.45, 7) is 4.28. The van der Waals surface area contributed by atoms with Gasteiger partial charge in [-0.1, -0.05) is 13.8 Å². The first-order valence-corrected chi connectivity index (χ1v) is 9.25. The van der Waals surface area contributed by atoms with Gasteiger partial charge in [-0.25, -0.2) is 14.4 Å². The Labute approximate surface area is 148 Å². The van der Waals surface area contributed by atoms with E-state index in [-0.39, 0.29) is 11.6 Å². The molecule has 3 rings (SSSR count). The molecule has 1 aromatic carbocycles. The minimum atomic E-state index is -0.385. The minimum Gasteiger partial charge on any atom is -0.494 e. The quantitative estimate of drug-likeness (QED) is 0.561. The van der Waals surface area contributed by atoms with Crippen molar-refractivity contribution in [3.05, 3.63) is 47.7 Å². The van der Waals surface area contributed by atoms with Gasteiger partial charge >= 0.3 is 0 Å². The van der Waals surface area contributed by atoms with Crippen LogP contribution in [0, 0.1) is 5.82 Å². The number of pyridine rings is 1. The molecule has 0 N–H and O–H groups in total. The SMILES string of the molecule is COc1ccc(-c2csc(-c3ccnc(SC(C)C)c3)n2)cc1F. The standard InChI is InChI=1S/C18H17FN2OS2/c1-11(2)24-17-9-13(6-7-20-17)18-21-15(10-23-18)12-4-5-16(22-3)14(19)8-12/h4-11H,1-3H3. The fraction of sp³-hybridized carbons (Fsp3) is 0.222. The number of benzene rings is 1. The molecule has 124 valence electrons. The number of thioether (sulfide) groups is 1. The first-order valence-electron chi connectivity index (χ1n) is 7.49. The number of hydrogen-bond acceptors (Lipinski definition) is 5. The van der Waals surface area contributed by atoms with E-state index in [9.17, 15) is 4.39 Å². The van der Waals surface area contributed by atoms with E-state index in [1.165, 1.54) is 24.5 Å². The van der Waals surface area contributed by atoms with Crippen LogP contribution in [0.4, 0.5) is 4.39 Å². The van der Waals surface area contributed by atoms with E-state index in [1.807, 2.05) is 23.6 Å². The Hall–Kier alpha value is -1.92. The van der Waals surface area contributed by atoms with Crippen molar-refractivity contribution in [3.63, 3.8) is 0 Å². The zero-order chi connectivity index (χ0) is 17.1. The van der Waals surface area contributed by atoms with Crippen LogP contribution in [0.1, 0.15) is 13.8 Å². The number of methoxy groups -OCH3 is 1. The summed E-state index contributed by atoms with van der Waals surface area (Å²) in [5.41, 5.74) is 2.52. The van der Waals surface area contributed by atoms with E-state index >= 15 is 0 Å². The Bertz CT molecular complexity index is 849. The average molecular weight is 360 g/mol. The molecule has 0 atom stereocenters. The predicted molar refractivity (Wildman–Crippen MR) is 98.3 cm³/mol. The molecule has 0 aliphatic heterocycles. The van der Waals surface area contributed by atoms with Gasteiger partial charge in [0.2, 0.25) is 0 Å². The highest BCUT2D eigenvalue weighted by molar-refractivity contribution is 7.99. The van der Waals surface area contributed by atoms with Crippen molar-refractivity contribution in [2.75, 3.05) is 7.11 Å². The third kappa shape index (κ3) is 3.76. The van der Waals surface area contributed by atoms with E-state index in [1.54, 1.807) is 24.0 Å². The van der Waals surface area contributed by atoms with Crippen LogP contribution in [0.25, 0.3) is 21.8 Å². The largest absolute Gasteiger partial charge is 0.494 e. The molecule has 0 fully saturated rings. The van der Waals surface area contributed by atoms with Crippen LogP contribution in [0.2, 0.25) is 0 Å². The number of halogens is 1. The number of nitrogens with zero attached hydrogens (tertiary/aromatic N) is 2. The van der Waals surface area contributed by atoms with Gasteiger partial charge in [0.15, 0.2) is 11.6 Å². The lowest BCUT2D eigenvalue weighted by molar-refractivity contribution is 0.386. The molecule has 0 aliphatic rings. The van der Waals surface area contributed by atoms with Gasteiger partial charge in [-0.3, -0.25) is 0 Å². The Morgan fingerprint density at radius 1 is 1.17 bits per heavy atom. The second kappa shape index (κ2) is 7.32. The molecular formula is C18H17FN2OS2. The highest BCUT2D eigenvalue weighted by Crippen LogP contribution is 2.32. The van der Waals surface area contributed by atoms with E-state index < -0.39 is 0 Å². The lowest BCUT2D eigenvalue weighted by Crippen LogP contribution is -1.90. The zero-order valence-electron chi connectivity index (χ0n) is 13.6. The highest BCUT2D eigenvalue weighted by atomic mass is 32.2. The molecule has 2 heterocycles. The molecule has 0 amide bonds. The summed E-state index contributed by atoms with van der Waals surface area (Å²) < 4.78 is 18.8. The number of ether oxygens (including phenoxy) is 1. The van der Waals surface area contributed by atoms with Crippen molar-refractivity contribution in [2.45, 2.75) is 24.1 Å². The maximum atomic E-state index is 13.9. The van der Waals surface area contributed by atoms with Crippen molar-refractivity contribution >= 4 is 23.1 Å². The lowest BCUT2D eigenvalue weighted by Gasteiger charge is -2.05. The van der Waals surface area contributed by atoms with Gasteiger partial charge in [0, 0.05) is 28.0 Å². The van der Waals surface area contributed by atoms with E-state index in [0.29, 0.717) is 5.25 Å². The number of aromatic nitrogens is 2. The molecule has 3 aromatic rings. The average Bonchev–Trinajstić information content (AvgIpc) is 3.04. The third-order valence-electron chi connectivity index (χ3n) is 3.29. The Balaban J connectivity index is 1.89. The summed E-state index contributed by atoms with van der Waals surface area (Å²) >= 11 is 3.26. The van der Waals surface area contributed by atoms with Crippen LogP contribution < -0.4 is 4.74 Å². The molecule has 6 heteroatoms. The first-order chi connectivity index (χ1) is 11.6. The summed E-state index contributed by atoms with van der Waals surface area (Å²) in [5.74, 6) is -0.150. The van der Waals surface area contributed by atoms with Crippen LogP contribution in [-0.4, -0.2) is 22.3 Å². The van der Waals surface area contributed by atoms with Crippen LogP contribution in [-0.2, 0) is 0 Å². The molecule has 0 spiro atoms. The summed E-state index contributed by atoms with van der Waals surface area (Å²) in [7, 11) is 1.45. The van der Waals surface area contributed by atoms with Gasteiger partial charge in [-0.15, -0.1) is 23.1 Å². The summed E-state index contributed by atoms with van der Waals surface area (Å²) in [4.78, 5) is 9.02. The molecular weight excluding hydrogens is 343 g/mol. The van der Waals surface area contributed by atoms with Crippen molar-refractivity contribution in [3.8, 4) is 27.6 Å². The Kier molecular flexibility index (Phi) is 5.16. The van der Waals surface area contributed by atoms with Crippen LogP contribution in [0.5, 0.6) is 5.75 Å². The van der Waals surface area contributed by atoms with Crippen molar-refractivity contribution in [1.82, 2.24) is 9.97 Å². The molecule has 0 saturated heterocycles. The normalized spacial score (nSPS) is 11.0. The van der Waals surface area contributed by atoms with Crippen LogP contribution in [0.15, 0.2) is 46.9 Å². The van der Waals surface area contributed by atoms with E-state index in [4.69, 9.17) is 4.74 Å². The molecule has 24 heavy (non-hydrogen) atoms. The number of thiazole rings is 1. The molecule has 0 radical (unpaired) electrons. The van der Waals surface area contributed by atoms with Crippen LogP contribution in [0.3, 0.4) is 0 Å². The molecule has 2 aromatic heterocycles. The lowest BCUT2D eigenvalue weighted by atomic mass is 10.1. The van der Waals surface area contributed by atoms with Gasteiger partial charge < -0.3 is 4.74 Å². The maximum absolute atomic E-state index is 13.9. The molecule has 3 nitrogen and oxygen atoms in total. The highest BCUT2D eigenvalue weighted by Gasteiger charge is 2.11. The smallest absolute Gasteiger partial charge is 0.165 e. The van der Waals surface area contributed by atoms with Gasteiger partial charge in [0.1, 0.15) is 5.01 Å². The Morgan fingerprint density at radius 3 is 2.71 bits per heavy atom. The topological polar surface area (TPSA) is 35.0 Å². The fourth-order valence-electron chi connectivity index (χ4n) is 2.21. The number of rotatable bonds is 5. The van der Waals surface area contributed by atoms with Gasteiger partial charge in [0.05, 0.1) is 17.8 Å². The zero-order valence-corrected chi connectivity index (χ0v) is 15.2. The minimum absolute atomic E-state index is 0.235. The fourth-order valence-corrected chi connectivity index (χ4v) is 3.84. The number of hydrogen-bond donors (Lipinski definition) is 0. The Morgan fingerprint density at radius 2 is 2.00 bits per heavy atom. The van der Waals surface area contributed by atoms with Crippen molar-refractivity contribution < 1.29 is 9.13 Å². The summed E-state index contributed by atoms with van der Waals surface area (Å²) in [6, 6.07) is 8.87. The molecule has 0 saturated carbocycles. The van der Waals surface area contributed by atoms with E-state index in [0.717, 1.165) is 26.9 Å². The van der Waals surface area contributed by atoms with Crippen molar-refractivity contribution in [1.29, 1.82) is 0 Å². The van der Waals surface area contributed by atoms with E-state index in [2.05, 4.69) is 23.8 Å². The monoisotopic (exact) mass is 360 g/mol. The molecule has 0 aliphatic carbocycles. The van der Waals surface area contributed by atoms with Crippen LogP contribution >= 0.6 is 23.1 Å². The second-order valence-corrected chi connectivity index (χ2v) is 7.89. The van der Waals surface area contributed by atoms with Crippen molar-refractivity contribution in [2.24, 2.45) is 0 Å². The van der Waals surface area contributed by atoms with Gasteiger partial charge in [-0.05, 0) is 30.3 Å². The van der Waals surface area contributed by atoms with Gasteiger partial charge in [-0.2, -0.15) is 0 Å². The predicted octanol–water partition coefficient (Wildman–Crippen LogP) is 5.52. The molecule has 0 unspecified atom stereocenters. The second-order valence-electron chi connectivity index (χ2n) is 5.44. The third-order valence-corrected chi connectivity index (χ3v) is 5.12. The van der Waals surface area contributed by atoms with Gasteiger partial charge in [0.25, 0.3) is 0 Å². The summed E-state index contributed by atoms with van der Waals surface area (Å²) in [6.07, 6.45) is 1.80. The summed E-state index contributed by atoms with van der Waals surface area (Å²) in [5, 5.41) is 4.29. The first kappa shape index (κ1) is 16.9. The maximum Gasteiger partial charge on any atom is 0.165 e. The molecule has 0 bridgehead atoms.